The normalized spacial score (nSPS) is 11.8. The first-order valence-corrected chi connectivity index (χ1v) is 12.0. The molecule has 170 valence electrons. The average Bonchev–Trinajstić information content (AvgIpc) is 2.80. The van der Waals surface area contributed by atoms with E-state index in [-0.39, 0.29) is 11.9 Å². The third-order valence-corrected chi connectivity index (χ3v) is 5.61. The van der Waals surface area contributed by atoms with Gasteiger partial charge in [0.2, 0.25) is 5.91 Å². The van der Waals surface area contributed by atoms with Gasteiger partial charge in [-0.15, -0.1) is 0 Å². The predicted molar refractivity (Wildman–Crippen MR) is 131 cm³/mol. The topological polar surface area (TPSA) is 50.4 Å². The molecule has 0 heterocycles. The molecule has 0 aliphatic rings. The Morgan fingerprint density at radius 3 is 2.13 bits per heavy atom. The Bertz CT molecular complexity index is 733. The zero-order valence-electron chi connectivity index (χ0n) is 19.4. The molecule has 0 bridgehead atoms. The third kappa shape index (κ3) is 10.0. The highest BCUT2D eigenvalue weighted by molar-refractivity contribution is 5.95. The molecular weight excluding hydrogens is 384 g/mol. The Morgan fingerprint density at radius 1 is 0.839 bits per heavy atom. The van der Waals surface area contributed by atoms with Crippen LogP contribution in [-0.4, -0.2) is 19.6 Å². The second-order valence-electron chi connectivity index (χ2n) is 8.20. The summed E-state index contributed by atoms with van der Waals surface area (Å²) in [5.41, 5.74) is 1.72. The number of benzene rings is 2. The summed E-state index contributed by atoms with van der Waals surface area (Å²) >= 11 is 0. The largest absolute Gasteiger partial charge is 0.497 e. The number of unbranched alkanes of at least 4 members (excludes halogenated alkanes) is 9. The van der Waals surface area contributed by atoms with E-state index in [1.165, 1.54) is 57.8 Å². The number of nitrogens with one attached hydrogen (secondary N) is 2. The molecule has 2 rings (SSSR count). The van der Waals surface area contributed by atoms with Gasteiger partial charge in [-0.2, -0.15) is 0 Å². The molecule has 31 heavy (non-hydrogen) atoms. The van der Waals surface area contributed by atoms with Crippen LogP contribution in [0, 0.1) is 0 Å². The monoisotopic (exact) mass is 424 g/mol. The molecule has 0 radical (unpaired) electrons. The summed E-state index contributed by atoms with van der Waals surface area (Å²) in [4.78, 5) is 13.0. The average molecular weight is 425 g/mol. The van der Waals surface area contributed by atoms with Crippen LogP contribution in [0.1, 0.15) is 82.7 Å². The fourth-order valence-corrected chi connectivity index (χ4v) is 3.78. The van der Waals surface area contributed by atoms with Crippen molar-refractivity contribution in [3.05, 3.63) is 60.2 Å². The van der Waals surface area contributed by atoms with Crippen molar-refractivity contribution in [2.45, 2.75) is 77.2 Å². The van der Waals surface area contributed by atoms with E-state index in [9.17, 15) is 4.79 Å². The summed E-state index contributed by atoms with van der Waals surface area (Å²) < 4.78 is 5.26. The second-order valence-corrected chi connectivity index (χ2v) is 8.20. The lowest BCUT2D eigenvalue weighted by Gasteiger charge is -2.19. The maximum Gasteiger partial charge on any atom is 0.246 e. The first-order valence-electron chi connectivity index (χ1n) is 12.0. The van der Waals surface area contributed by atoms with Gasteiger partial charge in [0.25, 0.3) is 0 Å². The zero-order valence-corrected chi connectivity index (χ0v) is 19.4. The van der Waals surface area contributed by atoms with E-state index in [2.05, 4.69) is 17.6 Å². The van der Waals surface area contributed by atoms with Crippen LogP contribution in [0.4, 0.5) is 5.69 Å². The van der Waals surface area contributed by atoms with E-state index in [4.69, 9.17) is 4.74 Å². The van der Waals surface area contributed by atoms with E-state index in [1.54, 1.807) is 7.11 Å². The highest BCUT2D eigenvalue weighted by Crippen LogP contribution is 2.20. The third-order valence-electron chi connectivity index (χ3n) is 5.61. The van der Waals surface area contributed by atoms with Gasteiger partial charge in [-0.3, -0.25) is 4.79 Å². The Kier molecular flexibility index (Phi) is 12.4. The molecule has 0 fully saturated rings. The molecule has 0 saturated carbocycles. The van der Waals surface area contributed by atoms with Crippen molar-refractivity contribution in [1.29, 1.82) is 0 Å². The maximum absolute atomic E-state index is 13.0. The van der Waals surface area contributed by atoms with Gasteiger partial charge in [0, 0.05) is 11.8 Å². The predicted octanol–water partition coefficient (Wildman–Crippen LogP) is 6.89. The van der Waals surface area contributed by atoms with Crippen LogP contribution in [0.5, 0.6) is 5.75 Å². The second kappa shape index (κ2) is 15.5. The van der Waals surface area contributed by atoms with Crippen molar-refractivity contribution in [2.75, 3.05) is 19.0 Å². The highest BCUT2D eigenvalue weighted by atomic mass is 16.5. The number of ether oxygens (including phenoxy) is 1. The summed E-state index contributed by atoms with van der Waals surface area (Å²) in [7, 11) is 1.63. The molecule has 0 aliphatic carbocycles. The number of hydrogen-bond acceptors (Lipinski definition) is 3. The molecule has 4 nitrogen and oxygen atoms in total. The van der Waals surface area contributed by atoms with Crippen molar-refractivity contribution in [1.82, 2.24) is 5.32 Å². The van der Waals surface area contributed by atoms with Crippen molar-refractivity contribution in [3.63, 3.8) is 0 Å². The number of carbonyl (C=O) groups excluding carboxylic acids is 1. The summed E-state index contributed by atoms with van der Waals surface area (Å²) in [6, 6.07) is 17.0. The molecule has 0 spiro atoms. The van der Waals surface area contributed by atoms with E-state index < -0.39 is 0 Å². The molecule has 1 amide bonds. The Balaban J connectivity index is 1.76. The van der Waals surface area contributed by atoms with Crippen molar-refractivity contribution in [3.8, 4) is 5.75 Å². The lowest BCUT2D eigenvalue weighted by molar-refractivity contribution is -0.118. The number of rotatable bonds is 16. The van der Waals surface area contributed by atoms with Crippen molar-refractivity contribution < 1.29 is 9.53 Å². The minimum absolute atomic E-state index is 0.0495. The Morgan fingerprint density at radius 2 is 1.48 bits per heavy atom. The molecule has 0 aromatic heterocycles. The molecule has 2 N–H and O–H groups in total. The molecule has 1 atom stereocenters. The summed E-state index contributed by atoms with van der Waals surface area (Å²) in [6.45, 7) is 3.10. The smallest absolute Gasteiger partial charge is 0.246 e. The van der Waals surface area contributed by atoms with Gasteiger partial charge in [0.15, 0.2) is 0 Å². The van der Waals surface area contributed by atoms with Crippen molar-refractivity contribution in [2.24, 2.45) is 0 Å². The van der Waals surface area contributed by atoms with Gasteiger partial charge in [-0.25, -0.2) is 0 Å². The van der Waals surface area contributed by atoms with Gasteiger partial charge in [0.05, 0.1) is 7.11 Å². The fourth-order valence-electron chi connectivity index (χ4n) is 3.78. The first-order chi connectivity index (χ1) is 15.2. The Hall–Kier alpha value is -2.33. The van der Waals surface area contributed by atoms with Crippen molar-refractivity contribution >= 4 is 11.6 Å². The quantitative estimate of drug-likeness (QED) is 0.289. The van der Waals surface area contributed by atoms with Crippen LogP contribution < -0.4 is 15.4 Å². The molecule has 0 aliphatic heterocycles. The number of carbonyl (C=O) groups is 1. The molecule has 0 unspecified atom stereocenters. The molecular formula is C27H40N2O2. The molecule has 4 heteroatoms. The van der Waals surface area contributed by atoms with Gasteiger partial charge in [0.1, 0.15) is 11.8 Å². The summed E-state index contributed by atoms with van der Waals surface area (Å²) in [6.07, 6.45) is 13.1. The summed E-state index contributed by atoms with van der Waals surface area (Å²) in [5.74, 6) is 0.680. The van der Waals surface area contributed by atoms with Gasteiger partial charge in [-0.05, 0) is 30.7 Å². The first kappa shape index (κ1) is 24.9. The minimum atomic E-state index is -0.369. The van der Waals surface area contributed by atoms with E-state index >= 15 is 0 Å². The number of amides is 1. The van der Waals surface area contributed by atoms with Crippen LogP contribution in [0.15, 0.2) is 54.6 Å². The highest BCUT2D eigenvalue weighted by Gasteiger charge is 2.20. The SMILES string of the molecule is CCCCCCCCCCCCN[C@H](C(=O)Nc1cccc(OC)c1)c1ccccc1. The van der Waals surface area contributed by atoms with Crippen LogP contribution in [0.25, 0.3) is 0 Å². The fraction of sp³-hybridized carbons (Fsp3) is 0.519. The molecule has 2 aromatic carbocycles. The maximum atomic E-state index is 13.0. The van der Waals surface area contributed by atoms with Crippen LogP contribution in [-0.2, 0) is 4.79 Å². The lowest BCUT2D eigenvalue weighted by atomic mass is 10.0. The standard InChI is InChI=1S/C27H40N2O2/c1-3-4-5-6-7-8-9-10-11-15-21-28-26(23-17-13-12-14-18-23)27(30)29-24-19-16-20-25(22-24)31-2/h12-14,16-20,22,26,28H,3-11,15,21H2,1-2H3,(H,29,30)/t26-/m0/s1. The van der Waals surface area contributed by atoms with E-state index in [0.29, 0.717) is 0 Å². The number of hydrogen-bond donors (Lipinski definition) is 2. The Labute approximate surface area is 188 Å². The zero-order chi connectivity index (χ0) is 22.2. The van der Waals surface area contributed by atoms with Crippen LogP contribution >= 0.6 is 0 Å². The molecule has 0 saturated heterocycles. The molecule has 2 aromatic rings. The minimum Gasteiger partial charge on any atom is -0.497 e. The van der Waals surface area contributed by atoms with Gasteiger partial charge < -0.3 is 15.4 Å². The number of anilines is 1. The van der Waals surface area contributed by atoms with Crippen LogP contribution in [0.3, 0.4) is 0 Å². The van der Waals surface area contributed by atoms with Gasteiger partial charge >= 0.3 is 0 Å². The summed E-state index contributed by atoms with van der Waals surface area (Å²) in [5, 5.41) is 6.49. The number of methoxy groups -OCH3 is 1. The van der Waals surface area contributed by atoms with E-state index in [0.717, 1.165) is 30.0 Å². The lowest BCUT2D eigenvalue weighted by Crippen LogP contribution is -2.33. The van der Waals surface area contributed by atoms with Gasteiger partial charge in [-0.1, -0.05) is 101 Å². The van der Waals surface area contributed by atoms with E-state index in [1.807, 2.05) is 54.6 Å². The van der Waals surface area contributed by atoms with Crippen LogP contribution in [0.2, 0.25) is 0 Å².